The number of rotatable bonds is 5. The second kappa shape index (κ2) is 9.97. The van der Waals surface area contributed by atoms with Crippen molar-refractivity contribution in [2.45, 2.75) is 32.7 Å². The van der Waals surface area contributed by atoms with Crippen LogP contribution in [0.2, 0.25) is 0 Å². The topological polar surface area (TPSA) is 89.6 Å². The predicted molar refractivity (Wildman–Crippen MR) is 77.2 cm³/mol. The number of carboxylic acids is 1. The third-order valence-electron chi connectivity index (χ3n) is 2.96. The molecule has 0 saturated heterocycles. The summed E-state index contributed by atoms with van der Waals surface area (Å²) in [5.41, 5.74) is 6.26. The van der Waals surface area contributed by atoms with E-state index in [9.17, 15) is 9.59 Å². The summed E-state index contributed by atoms with van der Waals surface area (Å²) in [7, 11) is 1.39. The van der Waals surface area contributed by atoms with Crippen LogP contribution in [0.4, 0.5) is 0 Å². The van der Waals surface area contributed by atoms with E-state index in [-0.39, 0.29) is 11.9 Å². The molecular weight excluding hydrogens is 258 g/mol. The molecule has 1 aromatic rings. The molecule has 0 heterocycles. The molecule has 0 spiro atoms. The summed E-state index contributed by atoms with van der Waals surface area (Å²) < 4.78 is 4.52. The van der Waals surface area contributed by atoms with E-state index >= 15 is 0 Å². The summed E-state index contributed by atoms with van der Waals surface area (Å²) in [6, 6.07) is 8.82. The average molecular weight is 281 g/mol. The number of ether oxygens (including phenoxy) is 1. The van der Waals surface area contributed by atoms with E-state index in [0.717, 1.165) is 12.0 Å². The van der Waals surface area contributed by atoms with Gasteiger partial charge in [0, 0.05) is 0 Å². The maximum atomic E-state index is 10.8. The zero-order chi connectivity index (χ0) is 15.5. The molecule has 1 aromatic carbocycles. The predicted octanol–water partition coefficient (Wildman–Crippen LogP) is 1.85. The van der Waals surface area contributed by atoms with Gasteiger partial charge in [-0.2, -0.15) is 0 Å². The maximum Gasteiger partial charge on any atom is 0.320 e. The summed E-state index contributed by atoms with van der Waals surface area (Å²) >= 11 is 0. The second-order valence-corrected chi connectivity index (χ2v) is 4.49. The number of hydrogen-bond acceptors (Lipinski definition) is 4. The highest BCUT2D eigenvalue weighted by Gasteiger charge is 2.17. The highest BCUT2D eigenvalue weighted by atomic mass is 16.5. The Morgan fingerprint density at radius 2 is 1.85 bits per heavy atom. The van der Waals surface area contributed by atoms with E-state index in [1.165, 1.54) is 7.11 Å². The number of aliphatic carboxylic acids is 1. The maximum absolute atomic E-state index is 10.8. The Morgan fingerprint density at radius 3 is 2.20 bits per heavy atom. The van der Waals surface area contributed by atoms with Crippen molar-refractivity contribution in [2.24, 2.45) is 11.7 Å². The molecule has 20 heavy (non-hydrogen) atoms. The van der Waals surface area contributed by atoms with Crippen LogP contribution in [-0.4, -0.2) is 30.2 Å². The Labute approximate surface area is 119 Å². The Balaban J connectivity index is 0.000000370. The molecule has 112 valence electrons. The fraction of sp³-hybridized carbons (Fsp3) is 0.467. The highest BCUT2D eigenvalue weighted by Crippen LogP contribution is 2.04. The highest BCUT2D eigenvalue weighted by molar-refractivity contribution is 5.73. The molecule has 0 fully saturated rings. The van der Waals surface area contributed by atoms with Crippen molar-refractivity contribution in [3.05, 3.63) is 35.9 Å². The van der Waals surface area contributed by atoms with Gasteiger partial charge in [-0.25, -0.2) is 0 Å². The first-order valence-electron chi connectivity index (χ1n) is 6.51. The van der Waals surface area contributed by atoms with Crippen molar-refractivity contribution >= 4 is 11.9 Å². The van der Waals surface area contributed by atoms with E-state index in [0.29, 0.717) is 6.42 Å². The summed E-state index contributed by atoms with van der Waals surface area (Å²) in [5, 5.41) is 8.36. The number of carbonyl (C=O) groups is 2. The van der Waals surface area contributed by atoms with Crippen molar-refractivity contribution in [2.75, 3.05) is 7.11 Å². The van der Waals surface area contributed by atoms with Gasteiger partial charge in [-0.05, 0) is 11.5 Å². The minimum absolute atomic E-state index is 0.0718. The summed E-state index contributed by atoms with van der Waals surface area (Å²) in [6.45, 7) is 3.76. The molecule has 5 heteroatoms. The van der Waals surface area contributed by atoms with E-state index in [1.807, 2.05) is 44.2 Å². The Morgan fingerprint density at radius 1 is 1.30 bits per heavy atom. The summed E-state index contributed by atoms with van der Waals surface area (Å²) in [6.07, 6.45) is 1.17. The van der Waals surface area contributed by atoms with Gasteiger partial charge in [0.15, 0.2) is 0 Å². The van der Waals surface area contributed by atoms with Crippen LogP contribution >= 0.6 is 0 Å². The lowest BCUT2D eigenvalue weighted by Gasteiger charge is -2.11. The molecule has 0 aliphatic carbocycles. The molecule has 0 aliphatic rings. The van der Waals surface area contributed by atoms with Crippen LogP contribution in [0.15, 0.2) is 30.3 Å². The minimum atomic E-state index is -0.913. The summed E-state index contributed by atoms with van der Waals surface area (Å²) in [5.74, 6) is -1.04. The zero-order valence-corrected chi connectivity index (χ0v) is 12.2. The first-order valence-corrected chi connectivity index (χ1v) is 6.51. The number of carboxylic acid groups (broad SMARTS) is 1. The molecule has 0 bridgehead atoms. The van der Waals surface area contributed by atoms with Gasteiger partial charge in [0.05, 0.1) is 13.5 Å². The van der Waals surface area contributed by atoms with E-state index < -0.39 is 12.0 Å². The van der Waals surface area contributed by atoms with Gasteiger partial charge in [0.1, 0.15) is 6.04 Å². The normalized spacial score (nSPS) is 12.6. The van der Waals surface area contributed by atoms with Gasteiger partial charge in [0.25, 0.3) is 0 Å². The fourth-order valence-electron chi connectivity index (χ4n) is 1.33. The number of benzene rings is 1. The van der Waals surface area contributed by atoms with E-state index in [4.69, 9.17) is 10.8 Å². The lowest BCUT2D eigenvalue weighted by molar-refractivity contribution is -0.140. The molecule has 5 nitrogen and oxygen atoms in total. The van der Waals surface area contributed by atoms with Crippen molar-refractivity contribution in [1.82, 2.24) is 0 Å². The average Bonchev–Trinajstić information content (AvgIpc) is 2.47. The Bertz CT molecular complexity index is 406. The SMILES string of the molecule is CCC(C)C(N)C(=O)O.COC(=O)Cc1ccccc1. The van der Waals surface area contributed by atoms with Crippen LogP contribution in [0.1, 0.15) is 25.8 Å². The zero-order valence-electron chi connectivity index (χ0n) is 12.2. The molecular formula is C15H23NO4. The van der Waals surface area contributed by atoms with Crippen LogP contribution in [-0.2, 0) is 20.7 Å². The fourth-order valence-corrected chi connectivity index (χ4v) is 1.33. The van der Waals surface area contributed by atoms with Gasteiger partial charge in [-0.15, -0.1) is 0 Å². The minimum Gasteiger partial charge on any atom is -0.480 e. The first-order chi connectivity index (χ1) is 9.42. The van der Waals surface area contributed by atoms with Gasteiger partial charge < -0.3 is 15.6 Å². The monoisotopic (exact) mass is 281 g/mol. The Hall–Kier alpha value is -1.88. The standard InChI is InChI=1S/C9H10O2.C6H13NO2/c1-11-9(10)7-8-5-3-2-4-6-8;1-3-4(2)5(7)6(8)9/h2-6H,7H2,1H3;4-5H,3,7H2,1-2H3,(H,8,9). The first kappa shape index (κ1) is 18.1. The van der Waals surface area contributed by atoms with Crippen LogP contribution in [0.25, 0.3) is 0 Å². The molecule has 2 unspecified atom stereocenters. The lowest BCUT2D eigenvalue weighted by atomic mass is 10.0. The van der Waals surface area contributed by atoms with Gasteiger partial charge in [-0.1, -0.05) is 50.6 Å². The number of hydrogen-bond donors (Lipinski definition) is 2. The molecule has 0 amide bonds. The van der Waals surface area contributed by atoms with Gasteiger partial charge >= 0.3 is 11.9 Å². The quantitative estimate of drug-likeness (QED) is 0.804. The molecule has 3 N–H and O–H groups in total. The molecule has 0 aliphatic heterocycles. The van der Waals surface area contributed by atoms with Crippen LogP contribution < -0.4 is 5.73 Å². The third-order valence-corrected chi connectivity index (χ3v) is 2.96. The molecule has 1 rings (SSSR count). The van der Waals surface area contributed by atoms with Crippen LogP contribution in [0.3, 0.4) is 0 Å². The van der Waals surface area contributed by atoms with Crippen LogP contribution in [0.5, 0.6) is 0 Å². The second-order valence-electron chi connectivity index (χ2n) is 4.49. The number of nitrogens with two attached hydrogens (primary N) is 1. The molecule has 0 radical (unpaired) electrons. The third kappa shape index (κ3) is 7.53. The van der Waals surface area contributed by atoms with Crippen molar-refractivity contribution < 1.29 is 19.4 Å². The smallest absolute Gasteiger partial charge is 0.320 e. The van der Waals surface area contributed by atoms with Crippen molar-refractivity contribution in [3.8, 4) is 0 Å². The van der Waals surface area contributed by atoms with Crippen molar-refractivity contribution in [3.63, 3.8) is 0 Å². The van der Waals surface area contributed by atoms with Gasteiger partial charge in [0.2, 0.25) is 0 Å². The lowest BCUT2D eigenvalue weighted by Crippen LogP contribution is -2.36. The number of methoxy groups -OCH3 is 1. The van der Waals surface area contributed by atoms with E-state index in [2.05, 4.69) is 4.74 Å². The van der Waals surface area contributed by atoms with E-state index in [1.54, 1.807) is 0 Å². The van der Waals surface area contributed by atoms with Gasteiger partial charge in [-0.3, -0.25) is 9.59 Å². The molecule has 0 aromatic heterocycles. The van der Waals surface area contributed by atoms with Crippen molar-refractivity contribution in [1.29, 1.82) is 0 Å². The molecule has 2 atom stereocenters. The number of esters is 1. The Kier molecular flexibility index (Phi) is 9.04. The van der Waals surface area contributed by atoms with Crippen LogP contribution in [0, 0.1) is 5.92 Å². The summed E-state index contributed by atoms with van der Waals surface area (Å²) in [4.78, 5) is 20.9. The molecule has 0 saturated carbocycles. The largest absolute Gasteiger partial charge is 0.480 e. The number of carbonyl (C=O) groups excluding carboxylic acids is 1.